The Morgan fingerprint density at radius 2 is 1.48 bits per heavy atom. The van der Waals surface area contributed by atoms with Gasteiger partial charge in [-0.2, -0.15) is 26.3 Å². The molecule has 2 atom stereocenters. The number of carboxylic acid groups (broad SMARTS) is 1. The maximum absolute atomic E-state index is 13.9. The minimum absolute atomic E-state index is 0.0864. The maximum atomic E-state index is 13.9. The zero-order valence-corrected chi connectivity index (χ0v) is 23.2. The van der Waals surface area contributed by atoms with Crippen LogP contribution in [-0.2, 0) is 16.4 Å². The van der Waals surface area contributed by atoms with Crippen molar-refractivity contribution >= 4 is 5.97 Å². The molecule has 1 heterocycles. The van der Waals surface area contributed by atoms with Crippen molar-refractivity contribution in [2.45, 2.75) is 63.3 Å². The van der Waals surface area contributed by atoms with Crippen molar-refractivity contribution in [3.63, 3.8) is 0 Å². The summed E-state index contributed by atoms with van der Waals surface area (Å²) in [5, 5.41) is 10.1. The van der Waals surface area contributed by atoms with Gasteiger partial charge >= 0.3 is 18.3 Å². The van der Waals surface area contributed by atoms with Crippen molar-refractivity contribution in [2.75, 3.05) is 13.1 Å². The Balaban J connectivity index is 1.90. The lowest BCUT2D eigenvalue weighted by Gasteiger charge is -2.39. The normalized spacial score (nSPS) is 17.5. The summed E-state index contributed by atoms with van der Waals surface area (Å²) in [6.07, 6.45) is -8.30. The molecule has 3 nitrogen and oxygen atoms in total. The van der Waals surface area contributed by atoms with Crippen LogP contribution in [0.4, 0.5) is 30.7 Å². The first kappa shape index (κ1) is 31.5. The number of hydrogen-bond donors (Lipinski definition) is 1. The number of rotatable bonds is 8. The number of likely N-dealkylation sites (tertiary alicyclic amines) is 1. The number of piperidine rings is 1. The van der Waals surface area contributed by atoms with Crippen LogP contribution < -0.4 is 0 Å². The zero-order valence-electron chi connectivity index (χ0n) is 23.2. The smallest absolute Gasteiger partial charge is 0.416 e. The number of alkyl halides is 6. The molecule has 10 heteroatoms. The van der Waals surface area contributed by atoms with Crippen LogP contribution in [0, 0.1) is 11.7 Å². The van der Waals surface area contributed by atoms with Crippen LogP contribution >= 0.6 is 0 Å². The molecule has 2 unspecified atom stereocenters. The first-order chi connectivity index (χ1) is 19.6. The molecule has 1 saturated heterocycles. The second-order valence-electron chi connectivity index (χ2n) is 11.1. The molecule has 1 aliphatic heterocycles. The molecule has 1 N–H and O–H groups in total. The van der Waals surface area contributed by atoms with Gasteiger partial charge in [0.15, 0.2) is 0 Å². The van der Waals surface area contributed by atoms with Gasteiger partial charge in [0.2, 0.25) is 0 Å². The molecule has 0 amide bonds. The molecule has 0 aromatic heterocycles. The molecule has 4 rings (SSSR count). The highest BCUT2D eigenvalue weighted by Gasteiger charge is 2.43. The Morgan fingerprint density at radius 3 is 1.98 bits per heavy atom. The Hall–Kier alpha value is -3.40. The van der Waals surface area contributed by atoms with Gasteiger partial charge < -0.3 is 5.11 Å². The molecule has 226 valence electrons. The largest absolute Gasteiger partial charge is 0.481 e. The number of carbonyl (C=O) groups is 1. The fourth-order valence-electron chi connectivity index (χ4n) is 5.82. The molecule has 0 saturated carbocycles. The van der Waals surface area contributed by atoms with E-state index >= 15 is 0 Å². The van der Waals surface area contributed by atoms with Crippen LogP contribution in [0.2, 0.25) is 0 Å². The Labute approximate surface area is 240 Å². The summed E-state index contributed by atoms with van der Waals surface area (Å²) in [7, 11) is 0. The molecule has 3 aromatic rings. The summed E-state index contributed by atoms with van der Waals surface area (Å²) < 4.78 is 94.3. The average Bonchev–Trinajstić information content (AvgIpc) is 2.94. The van der Waals surface area contributed by atoms with Gasteiger partial charge in [0.1, 0.15) is 5.82 Å². The standard InChI is InChI=1S/C32H32F7NO2/c1-3-16-30(2,29(41)42)24-10-13-26(27(19-24)20-4-8-22(9-5-20)31(34,35)36)28(21-6-11-25(33)12-7-21)40-17-14-23(15-18-40)32(37,38)39/h4-13,19,23,28H,3,14-18H2,1-2H3,(H,41,42). The van der Waals surface area contributed by atoms with E-state index < -0.39 is 47.1 Å². The zero-order chi connectivity index (χ0) is 30.9. The SMILES string of the molecule is CCCC(C)(C(=O)O)c1ccc(C(c2ccc(F)cc2)N2CCC(C(F)(F)F)CC2)c(-c2ccc(C(F)(F)F)cc2)c1. The lowest BCUT2D eigenvalue weighted by molar-refractivity contribution is -0.185. The third-order valence-electron chi connectivity index (χ3n) is 8.27. The van der Waals surface area contributed by atoms with Crippen LogP contribution in [0.1, 0.15) is 67.8 Å². The Morgan fingerprint density at radius 1 is 0.905 bits per heavy atom. The molecular formula is C32H32F7NO2. The summed E-state index contributed by atoms with van der Waals surface area (Å²) in [6.45, 7) is 3.61. The second kappa shape index (κ2) is 12.1. The number of carboxylic acids is 1. The molecule has 3 aromatic carbocycles. The first-order valence-corrected chi connectivity index (χ1v) is 13.8. The monoisotopic (exact) mass is 595 g/mol. The lowest BCUT2D eigenvalue weighted by atomic mass is 9.76. The van der Waals surface area contributed by atoms with Gasteiger partial charge in [0.05, 0.1) is 22.9 Å². The summed E-state index contributed by atoms with van der Waals surface area (Å²) in [4.78, 5) is 14.2. The predicted octanol–water partition coefficient (Wildman–Crippen LogP) is 9.02. The highest BCUT2D eigenvalue weighted by Crippen LogP contribution is 2.43. The number of hydrogen-bond acceptors (Lipinski definition) is 2. The molecule has 0 radical (unpaired) electrons. The number of halogens is 7. The van der Waals surface area contributed by atoms with Crippen molar-refractivity contribution in [1.29, 1.82) is 0 Å². The van der Waals surface area contributed by atoms with Gasteiger partial charge in [-0.1, -0.05) is 49.7 Å². The summed E-state index contributed by atoms with van der Waals surface area (Å²) in [6, 6.07) is 14.4. The third-order valence-corrected chi connectivity index (χ3v) is 8.27. The fraction of sp³-hybridized carbons (Fsp3) is 0.406. The summed E-state index contributed by atoms with van der Waals surface area (Å²) >= 11 is 0. The average molecular weight is 596 g/mol. The van der Waals surface area contributed by atoms with Crippen LogP contribution in [-0.4, -0.2) is 35.2 Å². The van der Waals surface area contributed by atoms with Gasteiger partial charge in [-0.3, -0.25) is 9.69 Å². The minimum Gasteiger partial charge on any atom is -0.481 e. The third kappa shape index (κ3) is 6.64. The number of nitrogens with zero attached hydrogens (tertiary/aromatic N) is 1. The van der Waals surface area contributed by atoms with Crippen molar-refractivity contribution in [3.05, 3.63) is 94.8 Å². The summed E-state index contributed by atoms with van der Waals surface area (Å²) in [5.74, 6) is -3.01. The van der Waals surface area contributed by atoms with E-state index in [2.05, 4.69) is 0 Å². The van der Waals surface area contributed by atoms with Crippen LogP contribution in [0.5, 0.6) is 0 Å². The first-order valence-electron chi connectivity index (χ1n) is 13.8. The van der Waals surface area contributed by atoms with Crippen molar-refractivity contribution < 1.29 is 40.6 Å². The second-order valence-corrected chi connectivity index (χ2v) is 11.1. The Kier molecular flexibility index (Phi) is 9.06. The van der Waals surface area contributed by atoms with E-state index in [1.807, 2.05) is 11.8 Å². The molecule has 42 heavy (non-hydrogen) atoms. The van der Waals surface area contributed by atoms with Crippen LogP contribution in [0.25, 0.3) is 11.1 Å². The molecule has 0 spiro atoms. The minimum atomic E-state index is -4.56. The number of benzene rings is 3. The Bertz CT molecular complexity index is 1380. The predicted molar refractivity (Wildman–Crippen MR) is 145 cm³/mol. The van der Waals surface area contributed by atoms with Crippen LogP contribution in [0.15, 0.2) is 66.7 Å². The number of aliphatic carboxylic acids is 1. The van der Waals surface area contributed by atoms with Crippen molar-refractivity contribution in [3.8, 4) is 11.1 Å². The van der Waals surface area contributed by atoms with E-state index in [1.165, 1.54) is 24.3 Å². The van der Waals surface area contributed by atoms with E-state index in [9.17, 15) is 40.6 Å². The van der Waals surface area contributed by atoms with Gasteiger partial charge in [0.25, 0.3) is 0 Å². The van der Waals surface area contributed by atoms with E-state index in [1.54, 1.807) is 37.3 Å². The van der Waals surface area contributed by atoms with Crippen molar-refractivity contribution in [1.82, 2.24) is 4.90 Å². The van der Waals surface area contributed by atoms with E-state index in [4.69, 9.17) is 0 Å². The van der Waals surface area contributed by atoms with E-state index in [0.29, 0.717) is 40.7 Å². The van der Waals surface area contributed by atoms with Crippen molar-refractivity contribution in [2.24, 2.45) is 5.92 Å². The highest BCUT2D eigenvalue weighted by molar-refractivity contribution is 5.82. The highest BCUT2D eigenvalue weighted by atomic mass is 19.4. The molecule has 1 fully saturated rings. The molecule has 1 aliphatic rings. The van der Waals surface area contributed by atoms with E-state index in [0.717, 1.165) is 12.1 Å². The van der Waals surface area contributed by atoms with Crippen LogP contribution in [0.3, 0.4) is 0 Å². The van der Waals surface area contributed by atoms with Gasteiger partial charge in [-0.05, 0) is 97.4 Å². The van der Waals surface area contributed by atoms with Gasteiger partial charge in [0, 0.05) is 0 Å². The fourth-order valence-corrected chi connectivity index (χ4v) is 5.82. The lowest BCUT2D eigenvalue weighted by Crippen LogP contribution is -2.41. The topological polar surface area (TPSA) is 40.5 Å². The quantitative estimate of drug-likeness (QED) is 0.264. The van der Waals surface area contributed by atoms with Gasteiger partial charge in [-0.15, -0.1) is 0 Å². The van der Waals surface area contributed by atoms with Gasteiger partial charge in [-0.25, -0.2) is 4.39 Å². The van der Waals surface area contributed by atoms with E-state index in [-0.39, 0.29) is 25.9 Å². The molecule has 0 bridgehead atoms. The molecular weight excluding hydrogens is 563 g/mol. The molecule has 0 aliphatic carbocycles. The maximum Gasteiger partial charge on any atom is 0.416 e. The summed E-state index contributed by atoms with van der Waals surface area (Å²) in [5.41, 5.74) is 0.319.